The van der Waals surface area contributed by atoms with E-state index in [4.69, 9.17) is 15.0 Å². The Kier molecular flexibility index (Phi) is 7.64. The molecule has 56 heavy (non-hydrogen) atoms. The van der Waals surface area contributed by atoms with Crippen molar-refractivity contribution in [3.05, 3.63) is 194 Å². The number of thiophene rings is 1. The third-order valence-corrected chi connectivity index (χ3v) is 11.8. The van der Waals surface area contributed by atoms with Crippen molar-refractivity contribution in [1.82, 2.24) is 19.5 Å². The van der Waals surface area contributed by atoms with Gasteiger partial charge in [0.25, 0.3) is 0 Å². The molecule has 0 spiro atoms. The summed E-state index contributed by atoms with van der Waals surface area (Å²) in [4.78, 5) is 15.5. The van der Waals surface area contributed by atoms with Crippen LogP contribution in [-0.4, -0.2) is 19.5 Å². The first-order chi connectivity index (χ1) is 27.7. The third kappa shape index (κ3) is 5.48. The molecule has 0 aliphatic heterocycles. The lowest BCUT2D eigenvalue weighted by atomic mass is 10.0. The Balaban J connectivity index is 1.10. The van der Waals surface area contributed by atoms with E-state index in [1.165, 1.54) is 36.7 Å². The second kappa shape index (κ2) is 13.3. The molecule has 0 atom stereocenters. The lowest BCUT2D eigenvalue weighted by Crippen LogP contribution is -2.02. The Bertz CT molecular complexity index is 3240. The molecule has 0 fully saturated rings. The molecule has 8 aromatic carbocycles. The van der Waals surface area contributed by atoms with Gasteiger partial charge in [0.2, 0.25) is 0 Å². The number of hydrogen-bond acceptors (Lipinski definition) is 4. The fraction of sp³-hybridized carbons (Fsp3) is 0. The van der Waals surface area contributed by atoms with Crippen LogP contribution in [0.1, 0.15) is 0 Å². The monoisotopic (exact) mass is 732 g/mol. The lowest BCUT2D eigenvalue weighted by Gasteiger charge is -2.14. The van der Waals surface area contributed by atoms with Crippen molar-refractivity contribution in [3.63, 3.8) is 0 Å². The Hall–Kier alpha value is -7.21. The Labute approximate surface area is 327 Å². The van der Waals surface area contributed by atoms with Gasteiger partial charge < -0.3 is 4.57 Å². The van der Waals surface area contributed by atoms with Crippen molar-refractivity contribution in [1.29, 1.82) is 0 Å². The fourth-order valence-electron chi connectivity index (χ4n) is 7.98. The molecule has 4 nitrogen and oxygen atoms in total. The van der Waals surface area contributed by atoms with Gasteiger partial charge in [0, 0.05) is 53.3 Å². The van der Waals surface area contributed by atoms with Crippen molar-refractivity contribution in [2.24, 2.45) is 0 Å². The van der Waals surface area contributed by atoms with Crippen molar-refractivity contribution < 1.29 is 0 Å². The Morgan fingerprint density at radius 2 is 0.875 bits per heavy atom. The van der Waals surface area contributed by atoms with E-state index in [2.05, 4.69) is 174 Å². The van der Waals surface area contributed by atoms with Crippen LogP contribution < -0.4 is 0 Å². The molecule has 0 aliphatic carbocycles. The van der Waals surface area contributed by atoms with E-state index < -0.39 is 0 Å². The zero-order chi connectivity index (χ0) is 37.0. The average Bonchev–Trinajstić information content (AvgIpc) is 3.82. The normalized spacial score (nSPS) is 11.6. The van der Waals surface area contributed by atoms with Crippen molar-refractivity contribution in [2.75, 3.05) is 0 Å². The number of benzene rings is 8. The number of nitrogens with zero attached hydrogens (tertiary/aromatic N) is 4. The first-order valence-corrected chi connectivity index (χ1v) is 19.6. The number of fused-ring (bicyclic) bond motifs is 6. The first-order valence-electron chi connectivity index (χ1n) is 18.8. The maximum absolute atomic E-state index is 5.23. The molecule has 0 saturated heterocycles. The van der Waals surface area contributed by atoms with Crippen LogP contribution in [0.3, 0.4) is 0 Å². The molecule has 3 heterocycles. The van der Waals surface area contributed by atoms with E-state index in [1.807, 2.05) is 35.6 Å². The molecule has 11 aromatic rings. The third-order valence-electron chi connectivity index (χ3n) is 10.7. The maximum Gasteiger partial charge on any atom is 0.166 e. The van der Waals surface area contributed by atoms with E-state index in [0.717, 1.165) is 49.9 Å². The zero-order valence-corrected chi connectivity index (χ0v) is 31.0. The standard InChI is InChI=1S/C51H32N4S/c1-3-13-33(14-4-1)34-25-27-36(28-26-34)50-52-49(35-15-5-2-6-16-35)53-51(54-50)44-22-12-21-43-40-19-7-9-23-45(40)55(48(43)44)39-18-11-17-37(31-39)38-29-30-42-41-20-8-10-24-46(41)56-47(42)32-38/h1-32H. The van der Waals surface area contributed by atoms with E-state index >= 15 is 0 Å². The highest BCUT2D eigenvalue weighted by Crippen LogP contribution is 2.40. The van der Waals surface area contributed by atoms with E-state index in [-0.39, 0.29) is 0 Å². The summed E-state index contributed by atoms with van der Waals surface area (Å²) in [6, 6.07) is 68.6. The molecule has 0 bridgehead atoms. The highest BCUT2D eigenvalue weighted by Gasteiger charge is 2.20. The molecule has 0 saturated carbocycles. The SMILES string of the molecule is c1ccc(-c2ccc(-c3nc(-c4ccccc4)nc(-c4cccc5c6ccccc6n(-c6cccc(-c7ccc8c(c7)sc7ccccc78)c6)c45)n3)cc2)cc1. The highest BCUT2D eigenvalue weighted by atomic mass is 32.1. The summed E-state index contributed by atoms with van der Waals surface area (Å²) in [6.45, 7) is 0. The topological polar surface area (TPSA) is 43.6 Å². The van der Waals surface area contributed by atoms with Crippen LogP contribution in [0, 0.1) is 0 Å². The van der Waals surface area contributed by atoms with Gasteiger partial charge in [0.05, 0.1) is 11.0 Å². The van der Waals surface area contributed by atoms with Crippen LogP contribution in [0.15, 0.2) is 194 Å². The second-order valence-corrected chi connectivity index (χ2v) is 15.1. The zero-order valence-electron chi connectivity index (χ0n) is 30.2. The minimum Gasteiger partial charge on any atom is -0.308 e. The van der Waals surface area contributed by atoms with Crippen LogP contribution in [0.2, 0.25) is 0 Å². The van der Waals surface area contributed by atoms with Gasteiger partial charge in [0.15, 0.2) is 17.5 Å². The average molecular weight is 733 g/mol. The molecule has 0 unspecified atom stereocenters. The van der Waals surface area contributed by atoms with Crippen LogP contribution >= 0.6 is 11.3 Å². The minimum absolute atomic E-state index is 0.627. The lowest BCUT2D eigenvalue weighted by molar-refractivity contribution is 1.07. The number of hydrogen-bond donors (Lipinski definition) is 0. The van der Waals surface area contributed by atoms with Gasteiger partial charge in [-0.2, -0.15) is 0 Å². The van der Waals surface area contributed by atoms with E-state index in [9.17, 15) is 0 Å². The van der Waals surface area contributed by atoms with Crippen LogP contribution in [0.5, 0.6) is 0 Å². The highest BCUT2D eigenvalue weighted by molar-refractivity contribution is 7.25. The molecule has 0 amide bonds. The molecule has 5 heteroatoms. The summed E-state index contributed by atoms with van der Waals surface area (Å²) in [5, 5.41) is 4.93. The summed E-state index contributed by atoms with van der Waals surface area (Å²) in [5.41, 5.74) is 10.7. The summed E-state index contributed by atoms with van der Waals surface area (Å²) in [7, 11) is 0. The smallest absolute Gasteiger partial charge is 0.166 e. The molecule has 0 radical (unpaired) electrons. The van der Waals surface area contributed by atoms with Crippen molar-refractivity contribution in [2.45, 2.75) is 0 Å². The van der Waals surface area contributed by atoms with Crippen molar-refractivity contribution >= 4 is 53.3 Å². The molecule has 11 rings (SSSR count). The van der Waals surface area contributed by atoms with Gasteiger partial charge in [-0.1, -0.05) is 158 Å². The molecule has 3 aromatic heterocycles. The molecule has 0 N–H and O–H groups in total. The Morgan fingerprint density at radius 1 is 0.339 bits per heavy atom. The largest absolute Gasteiger partial charge is 0.308 e. The minimum atomic E-state index is 0.627. The second-order valence-electron chi connectivity index (χ2n) is 14.0. The fourth-order valence-corrected chi connectivity index (χ4v) is 9.13. The van der Waals surface area contributed by atoms with Crippen molar-refractivity contribution in [3.8, 4) is 62.1 Å². The summed E-state index contributed by atoms with van der Waals surface area (Å²) in [5.74, 6) is 1.89. The summed E-state index contributed by atoms with van der Waals surface area (Å²) in [6.07, 6.45) is 0. The van der Waals surface area contributed by atoms with Gasteiger partial charge in [-0.25, -0.2) is 15.0 Å². The molecule has 262 valence electrons. The van der Waals surface area contributed by atoms with Crippen LogP contribution in [-0.2, 0) is 0 Å². The Morgan fingerprint density at radius 3 is 1.68 bits per heavy atom. The van der Waals surface area contributed by atoms with Gasteiger partial charge in [-0.3, -0.25) is 0 Å². The molecular formula is C51H32N4S. The predicted molar refractivity (Wildman–Crippen MR) is 234 cm³/mol. The quantitative estimate of drug-likeness (QED) is 0.171. The van der Waals surface area contributed by atoms with Gasteiger partial charge in [-0.05, 0) is 58.7 Å². The number of aromatic nitrogens is 4. The first kappa shape index (κ1) is 32.2. The number of rotatable bonds is 6. The van der Waals surface area contributed by atoms with Gasteiger partial charge in [-0.15, -0.1) is 11.3 Å². The summed E-state index contributed by atoms with van der Waals surface area (Å²) >= 11 is 1.85. The molecule has 0 aliphatic rings. The predicted octanol–water partition coefficient (Wildman–Crippen LogP) is 13.7. The summed E-state index contributed by atoms with van der Waals surface area (Å²) < 4.78 is 4.98. The van der Waals surface area contributed by atoms with E-state index in [0.29, 0.717) is 17.5 Å². The van der Waals surface area contributed by atoms with Gasteiger partial charge in [0.1, 0.15) is 0 Å². The van der Waals surface area contributed by atoms with E-state index in [1.54, 1.807) is 0 Å². The van der Waals surface area contributed by atoms with Crippen LogP contribution in [0.25, 0.3) is 104 Å². The maximum atomic E-state index is 5.23. The number of para-hydroxylation sites is 2. The van der Waals surface area contributed by atoms with Crippen LogP contribution in [0.4, 0.5) is 0 Å². The van der Waals surface area contributed by atoms with Gasteiger partial charge >= 0.3 is 0 Å². The molecular weight excluding hydrogens is 701 g/mol.